The lowest BCUT2D eigenvalue weighted by atomic mass is 9.97. The van der Waals surface area contributed by atoms with E-state index in [1.807, 2.05) is 19.1 Å². The molecule has 3 amide bonds. The van der Waals surface area contributed by atoms with E-state index in [9.17, 15) is 14.4 Å². The zero-order valence-corrected chi connectivity index (χ0v) is 14.0. The highest BCUT2D eigenvalue weighted by atomic mass is 16.2. The number of hydrogen-bond donors (Lipinski definition) is 2. The molecule has 0 saturated carbocycles. The van der Waals surface area contributed by atoms with Crippen LogP contribution in [0.4, 0.5) is 0 Å². The first-order valence-corrected chi connectivity index (χ1v) is 8.35. The SMILES string of the molecule is CCN(CCc1ccncc1)C(=O)C(=O)NC(=O)C1CCNCC1. The molecule has 0 radical (unpaired) electrons. The van der Waals surface area contributed by atoms with Crippen LogP contribution in [0.15, 0.2) is 24.5 Å². The van der Waals surface area contributed by atoms with Crippen LogP contribution in [0.25, 0.3) is 0 Å². The average Bonchev–Trinajstić information content (AvgIpc) is 2.63. The van der Waals surface area contributed by atoms with Crippen molar-refractivity contribution in [2.45, 2.75) is 26.2 Å². The number of carbonyl (C=O) groups excluding carboxylic acids is 3. The molecule has 24 heavy (non-hydrogen) atoms. The molecule has 0 aliphatic carbocycles. The van der Waals surface area contributed by atoms with E-state index in [1.165, 1.54) is 4.90 Å². The van der Waals surface area contributed by atoms with E-state index in [2.05, 4.69) is 15.6 Å². The highest BCUT2D eigenvalue weighted by Crippen LogP contribution is 2.11. The molecule has 130 valence electrons. The van der Waals surface area contributed by atoms with Crippen molar-refractivity contribution in [3.63, 3.8) is 0 Å². The highest BCUT2D eigenvalue weighted by Gasteiger charge is 2.27. The first-order valence-electron chi connectivity index (χ1n) is 8.35. The quantitative estimate of drug-likeness (QED) is 0.747. The summed E-state index contributed by atoms with van der Waals surface area (Å²) in [5, 5.41) is 5.42. The van der Waals surface area contributed by atoms with Crippen LogP contribution in [0.2, 0.25) is 0 Å². The fourth-order valence-electron chi connectivity index (χ4n) is 2.71. The Labute approximate surface area is 141 Å². The zero-order valence-electron chi connectivity index (χ0n) is 14.0. The number of aromatic nitrogens is 1. The molecule has 7 nitrogen and oxygen atoms in total. The van der Waals surface area contributed by atoms with Crippen LogP contribution in [0.5, 0.6) is 0 Å². The molecule has 1 aromatic rings. The number of likely N-dealkylation sites (N-methyl/N-ethyl adjacent to an activating group) is 1. The van der Waals surface area contributed by atoms with Gasteiger partial charge >= 0.3 is 11.8 Å². The van der Waals surface area contributed by atoms with E-state index in [1.54, 1.807) is 12.4 Å². The topological polar surface area (TPSA) is 91.4 Å². The summed E-state index contributed by atoms with van der Waals surface area (Å²) in [6.07, 6.45) is 5.40. The van der Waals surface area contributed by atoms with Crippen molar-refractivity contribution in [2.75, 3.05) is 26.2 Å². The predicted molar refractivity (Wildman–Crippen MR) is 88.9 cm³/mol. The maximum absolute atomic E-state index is 12.3. The van der Waals surface area contributed by atoms with Crippen LogP contribution in [0.3, 0.4) is 0 Å². The Bertz CT molecular complexity index is 570. The van der Waals surface area contributed by atoms with Crippen molar-refractivity contribution >= 4 is 17.7 Å². The Hall–Kier alpha value is -2.28. The van der Waals surface area contributed by atoms with E-state index in [0.29, 0.717) is 32.4 Å². The molecule has 2 rings (SSSR count). The molecule has 1 aliphatic heterocycles. The van der Waals surface area contributed by atoms with Crippen LogP contribution < -0.4 is 10.6 Å². The van der Waals surface area contributed by atoms with Gasteiger partial charge in [0.05, 0.1) is 0 Å². The van der Waals surface area contributed by atoms with Gasteiger partial charge in [-0.1, -0.05) is 0 Å². The molecule has 1 aromatic heterocycles. The molecule has 0 aromatic carbocycles. The van der Waals surface area contributed by atoms with Gasteiger partial charge in [0.25, 0.3) is 0 Å². The maximum atomic E-state index is 12.3. The fraction of sp³-hybridized carbons (Fsp3) is 0.529. The standard InChI is InChI=1S/C17H24N4O3/c1-2-21(12-7-13-3-8-18-9-4-13)17(24)16(23)20-15(22)14-5-10-19-11-6-14/h3-4,8-9,14,19H,2,5-7,10-12H2,1H3,(H,20,22,23). The van der Waals surface area contributed by atoms with Crippen LogP contribution >= 0.6 is 0 Å². The van der Waals surface area contributed by atoms with E-state index < -0.39 is 11.8 Å². The smallest absolute Gasteiger partial charge is 0.316 e. The largest absolute Gasteiger partial charge is 0.334 e. The second kappa shape index (κ2) is 9.12. The lowest BCUT2D eigenvalue weighted by Gasteiger charge is -2.23. The molecular weight excluding hydrogens is 308 g/mol. The summed E-state index contributed by atoms with van der Waals surface area (Å²) < 4.78 is 0. The third-order valence-electron chi connectivity index (χ3n) is 4.23. The van der Waals surface area contributed by atoms with E-state index in [4.69, 9.17) is 0 Å². The van der Waals surface area contributed by atoms with Gasteiger partial charge in [-0.05, 0) is 57.0 Å². The van der Waals surface area contributed by atoms with Gasteiger partial charge in [0.2, 0.25) is 5.91 Å². The van der Waals surface area contributed by atoms with Gasteiger partial charge in [-0.2, -0.15) is 0 Å². The summed E-state index contributed by atoms with van der Waals surface area (Å²) in [6.45, 7) is 4.17. The number of nitrogens with zero attached hydrogens (tertiary/aromatic N) is 2. The molecular formula is C17H24N4O3. The Morgan fingerprint density at radius 1 is 1.25 bits per heavy atom. The third kappa shape index (κ3) is 5.13. The lowest BCUT2D eigenvalue weighted by molar-refractivity contribution is -0.148. The minimum Gasteiger partial charge on any atom is -0.334 e. The minimum absolute atomic E-state index is 0.199. The summed E-state index contributed by atoms with van der Waals surface area (Å²) >= 11 is 0. The van der Waals surface area contributed by atoms with Gasteiger partial charge in [0.1, 0.15) is 0 Å². The van der Waals surface area contributed by atoms with Crippen molar-refractivity contribution < 1.29 is 14.4 Å². The number of hydrogen-bond acceptors (Lipinski definition) is 5. The van der Waals surface area contributed by atoms with Crippen molar-refractivity contribution in [3.8, 4) is 0 Å². The molecule has 0 spiro atoms. The number of rotatable bonds is 5. The average molecular weight is 332 g/mol. The minimum atomic E-state index is -0.838. The van der Waals surface area contributed by atoms with Gasteiger partial charge in [0.15, 0.2) is 0 Å². The monoisotopic (exact) mass is 332 g/mol. The zero-order chi connectivity index (χ0) is 17.4. The highest BCUT2D eigenvalue weighted by molar-refractivity contribution is 6.37. The number of nitrogens with one attached hydrogen (secondary N) is 2. The van der Waals surface area contributed by atoms with Crippen molar-refractivity contribution in [1.82, 2.24) is 20.5 Å². The molecule has 2 heterocycles. The van der Waals surface area contributed by atoms with Gasteiger partial charge in [-0.15, -0.1) is 0 Å². The number of carbonyl (C=O) groups is 3. The Morgan fingerprint density at radius 3 is 2.54 bits per heavy atom. The Kier molecular flexibility index (Phi) is 6.87. The molecule has 2 N–H and O–H groups in total. The summed E-state index contributed by atoms with van der Waals surface area (Å²) in [4.78, 5) is 41.8. The fourth-order valence-corrected chi connectivity index (χ4v) is 2.71. The third-order valence-corrected chi connectivity index (χ3v) is 4.23. The normalized spacial score (nSPS) is 14.9. The summed E-state index contributed by atoms with van der Waals surface area (Å²) in [5.74, 6) is -2.04. The van der Waals surface area contributed by atoms with Crippen molar-refractivity contribution in [1.29, 1.82) is 0 Å². The summed E-state index contributed by atoms with van der Waals surface area (Å²) in [6, 6.07) is 3.75. The molecule has 1 aliphatic rings. The number of pyridine rings is 1. The van der Waals surface area contributed by atoms with E-state index >= 15 is 0 Å². The van der Waals surface area contributed by atoms with E-state index in [0.717, 1.165) is 18.7 Å². The van der Waals surface area contributed by atoms with Crippen LogP contribution in [0, 0.1) is 5.92 Å². The van der Waals surface area contributed by atoms with Crippen molar-refractivity contribution in [3.05, 3.63) is 30.1 Å². The first kappa shape index (κ1) is 18.1. The van der Waals surface area contributed by atoms with Crippen LogP contribution in [-0.2, 0) is 20.8 Å². The van der Waals surface area contributed by atoms with Crippen LogP contribution in [-0.4, -0.2) is 53.8 Å². The van der Waals surface area contributed by atoms with Gasteiger partial charge in [-0.3, -0.25) is 24.7 Å². The number of amides is 3. The second-order valence-electron chi connectivity index (χ2n) is 5.83. The Morgan fingerprint density at radius 2 is 1.92 bits per heavy atom. The van der Waals surface area contributed by atoms with Crippen molar-refractivity contribution in [2.24, 2.45) is 5.92 Å². The van der Waals surface area contributed by atoms with Gasteiger partial charge in [-0.25, -0.2) is 0 Å². The summed E-state index contributed by atoms with van der Waals surface area (Å²) in [5.41, 5.74) is 1.04. The first-order chi connectivity index (χ1) is 11.6. The van der Waals surface area contributed by atoms with Gasteiger partial charge < -0.3 is 10.2 Å². The summed E-state index contributed by atoms with van der Waals surface area (Å²) in [7, 11) is 0. The molecule has 0 atom stereocenters. The van der Waals surface area contributed by atoms with Crippen LogP contribution in [0.1, 0.15) is 25.3 Å². The maximum Gasteiger partial charge on any atom is 0.316 e. The molecule has 0 unspecified atom stereocenters. The van der Waals surface area contributed by atoms with Gasteiger partial charge in [0, 0.05) is 31.4 Å². The van der Waals surface area contributed by atoms with E-state index in [-0.39, 0.29) is 11.8 Å². The molecule has 0 bridgehead atoms. The Balaban J connectivity index is 1.85. The molecule has 7 heteroatoms. The molecule has 1 fully saturated rings. The number of piperidine rings is 1. The molecule has 1 saturated heterocycles. The predicted octanol–water partition coefficient (Wildman–Crippen LogP) is 0.115. The number of imide groups is 1. The second-order valence-corrected chi connectivity index (χ2v) is 5.83. The lowest BCUT2D eigenvalue weighted by Crippen LogP contribution is -2.48.